The molecule has 142 valence electrons. The first-order valence-corrected chi connectivity index (χ1v) is 10.8. The largest absolute Gasteiger partial charge is 0.213 e. The van der Waals surface area contributed by atoms with E-state index in [1.54, 1.807) is 11.1 Å². The maximum Gasteiger partial charge on any atom is 0.213 e. The zero-order valence-electron chi connectivity index (χ0n) is 17.2. The highest BCUT2D eigenvalue weighted by atomic mass is 14.9. The molecule has 2 aromatic carbocycles. The molecule has 2 aliphatic carbocycles. The summed E-state index contributed by atoms with van der Waals surface area (Å²) in [5, 5.41) is 0. The van der Waals surface area contributed by atoms with Crippen molar-refractivity contribution >= 4 is 0 Å². The summed E-state index contributed by atoms with van der Waals surface area (Å²) in [4.78, 5) is 0. The molecule has 0 radical (unpaired) electrons. The van der Waals surface area contributed by atoms with Crippen molar-refractivity contribution in [3.63, 3.8) is 0 Å². The van der Waals surface area contributed by atoms with E-state index < -0.39 is 0 Å². The minimum Gasteiger partial charge on any atom is -0.201 e. The van der Waals surface area contributed by atoms with Crippen molar-refractivity contribution in [2.45, 2.75) is 51.9 Å². The average Bonchev–Trinajstić information content (AvgIpc) is 3.16. The van der Waals surface area contributed by atoms with E-state index in [-0.39, 0.29) is 0 Å². The van der Waals surface area contributed by atoms with E-state index in [2.05, 4.69) is 79.3 Å². The van der Waals surface area contributed by atoms with Crippen LogP contribution < -0.4 is 4.57 Å². The Kier molecular flexibility index (Phi) is 4.34. The number of pyridine rings is 1. The zero-order chi connectivity index (χ0) is 19.1. The molecule has 0 aliphatic heterocycles. The molecule has 0 saturated heterocycles. The van der Waals surface area contributed by atoms with Gasteiger partial charge in [-0.05, 0) is 78.3 Å². The molecule has 0 atom stereocenters. The van der Waals surface area contributed by atoms with Gasteiger partial charge in [-0.25, -0.2) is 4.57 Å². The van der Waals surface area contributed by atoms with Crippen LogP contribution in [0.25, 0.3) is 22.4 Å². The smallest absolute Gasteiger partial charge is 0.201 e. The van der Waals surface area contributed by atoms with Crippen molar-refractivity contribution < 1.29 is 4.57 Å². The summed E-state index contributed by atoms with van der Waals surface area (Å²) < 4.78 is 2.23. The summed E-state index contributed by atoms with van der Waals surface area (Å²) in [6, 6.07) is 20.5. The second kappa shape index (κ2) is 6.88. The highest BCUT2D eigenvalue weighted by molar-refractivity contribution is 5.71. The molecule has 1 nitrogen and oxygen atoms in total. The molecule has 28 heavy (non-hydrogen) atoms. The molecule has 0 N–H and O–H groups in total. The van der Waals surface area contributed by atoms with Gasteiger partial charge >= 0.3 is 0 Å². The van der Waals surface area contributed by atoms with Crippen molar-refractivity contribution in [3.8, 4) is 22.4 Å². The first-order valence-electron chi connectivity index (χ1n) is 10.8. The molecule has 1 fully saturated rings. The topological polar surface area (TPSA) is 3.88 Å². The number of benzene rings is 2. The van der Waals surface area contributed by atoms with Crippen LogP contribution in [0, 0.1) is 12.3 Å². The van der Waals surface area contributed by atoms with E-state index in [1.165, 1.54) is 72.9 Å². The van der Waals surface area contributed by atoms with Crippen LogP contribution in [-0.2, 0) is 19.9 Å². The van der Waals surface area contributed by atoms with Crippen LogP contribution in [0.4, 0.5) is 0 Å². The highest BCUT2D eigenvalue weighted by Gasteiger charge is 2.36. The van der Waals surface area contributed by atoms with Crippen LogP contribution in [-0.4, -0.2) is 0 Å². The Bertz CT molecular complexity index is 1020. The molecule has 1 aromatic heterocycles. The molecule has 1 heteroatoms. The SMILES string of the molecule is Cc1ccccc1-c1cc(-c2ccc3c(c2)CCC2(CCCC2)C3)cc[n+]1C. The van der Waals surface area contributed by atoms with E-state index in [0.29, 0.717) is 5.41 Å². The van der Waals surface area contributed by atoms with Crippen LogP contribution >= 0.6 is 0 Å². The van der Waals surface area contributed by atoms with E-state index in [1.807, 2.05) is 0 Å². The molecule has 3 aromatic rings. The lowest BCUT2D eigenvalue weighted by Crippen LogP contribution is -2.30. The Morgan fingerprint density at radius 3 is 2.43 bits per heavy atom. The minimum absolute atomic E-state index is 0.632. The van der Waals surface area contributed by atoms with Crippen molar-refractivity contribution in [1.82, 2.24) is 0 Å². The third-order valence-corrected chi connectivity index (χ3v) is 7.26. The average molecular weight is 369 g/mol. The fourth-order valence-electron chi connectivity index (χ4n) is 5.53. The summed E-state index contributed by atoms with van der Waals surface area (Å²) in [7, 11) is 2.14. The van der Waals surface area contributed by atoms with Gasteiger partial charge in [0.25, 0.3) is 0 Å². The van der Waals surface area contributed by atoms with Gasteiger partial charge in [-0.2, -0.15) is 0 Å². The maximum absolute atomic E-state index is 2.47. The Morgan fingerprint density at radius 1 is 0.821 bits per heavy atom. The lowest BCUT2D eigenvalue weighted by atomic mass is 9.70. The lowest BCUT2D eigenvalue weighted by molar-refractivity contribution is -0.660. The number of aryl methyl sites for hydroxylation is 3. The molecule has 5 rings (SSSR count). The highest BCUT2D eigenvalue weighted by Crippen LogP contribution is 2.48. The van der Waals surface area contributed by atoms with Crippen molar-refractivity contribution in [1.29, 1.82) is 0 Å². The molecule has 0 bridgehead atoms. The Labute approximate surface area is 169 Å². The minimum atomic E-state index is 0.632. The van der Waals surface area contributed by atoms with Gasteiger partial charge in [-0.15, -0.1) is 0 Å². The molecular formula is C27H30N+. The molecule has 1 heterocycles. The number of nitrogens with zero attached hydrogens (tertiary/aromatic N) is 1. The first-order chi connectivity index (χ1) is 13.6. The van der Waals surface area contributed by atoms with Crippen LogP contribution in [0.15, 0.2) is 60.8 Å². The number of fused-ring (bicyclic) bond motifs is 1. The normalized spacial score (nSPS) is 17.6. The third-order valence-electron chi connectivity index (χ3n) is 7.26. The predicted molar refractivity (Wildman–Crippen MR) is 116 cm³/mol. The predicted octanol–water partition coefficient (Wildman–Crippen LogP) is 6.20. The fourth-order valence-corrected chi connectivity index (χ4v) is 5.53. The molecule has 0 unspecified atom stereocenters. The zero-order valence-corrected chi connectivity index (χ0v) is 17.2. The summed E-state index contributed by atoms with van der Waals surface area (Å²) in [6.07, 6.45) is 11.9. The molecule has 2 aliphatic rings. The van der Waals surface area contributed by atoms with Gasteiger partial charge in [0.2, 0.25) is 5.69 Å². The maximum atomic E-state index is 2.47. The van der Waals surface area contributed by atoms with E-state index in [4.69, 9.17) is 0 Å². The first kappa shape index (κ1) is 17.7. The number of hydrogen-bond acceptors (Lipinski definition) is 0. The molecule has 0 amide bonds. The molecule has 1 spiro atoms. The molecular weight excluding hydrogens is 338 g/mol. The second-order valence-corrected chi connectivity index (χ2v) is 9.09. The van der Waals surface area contributed by atoms with Gasteiger partial charge in [-0.3, -0.25) is 0 Å². The quantitative estimate of drug-likeness (QED) is 0.474. The summed E-state index contributed by atoms with van der Waals surface area (Å²) >= 11 is 0. The van der Waals surface area contributed by atoms with Crippen LogP contribution in [0.5, 0.6) is 0 Å². The number of hydrogen-bond donors (Lipinski definition) is 0. The second-order valence-electron chi connectivity index (χ2n) is 9.09. The van der Waals surface area contributed by atoms with Crippen molar-refractivity contribution in [3.05, 3.63) is 77.5 Å². The lowest BCUT2D eigenvalue weighted by Gasteiger charge is -2.35. The van der Waals surface area contributed by atoms with Gasteiger partial charge in [0.1, 0.15) is 7.05 Å². The van der Waals surface area contributed by atoms with Gasteiger partial charge < -0.3 is 0 Å². The van der Waals surface area contributed by atoms with E-state index >= 15 is 0 Å². The number of rotatable bonds is 2. The fraction of sp³-hybridized carbons (Fsp3) is 0.370. The summed E-state index contributed by atoms with van der Waals surface area (Å²) in [5.74, 6) is 0. The van der Waals surface area contributed by atoms with Gasteiger partial charge in [0.15, 0.2) is 6.20 Å². The van der Waals surface area contributed by atoms with Crippen LogP contribution in [0.2, 0.25) is 0 Å². The van der Waals surface area contributed by atoms with Crippen LogP contribution in [0.1, 0.15) is 48.8 Å². The Hall–Kier alpha value is -2.41. The monoisotopic (exact) mass is 368 g/mol. The van der Waals surface area contributed by atoms with Crippen molar-refractivity contribution in [2.24, 2.45) is 12.5 Å². The summed E-state index contributed by atoms with van der Waals surface area (Å²) in [5.41, 5.74) is 10.4. The Morgan fingerprint density at radius 2 is 1.61 bits per heavy atom. The standard InChI is InChI=1S/C27H30N/c1-20-7-3-4-8-25(20)26-18-23(12-16-28(26)2)21-9-10-24-19-27(13-5-6-14-27)15-11-22(24)17-21/h3-4,7-10,12,16-18H,5-6,11,13-15,19H2,1-2H3/q+1. The summed E-state index contributed by atoms with van der Waals surface area (Å²) in [6.45, 7) is 2.19. The van der Waals surface area contributed by atoms with Crippen LogP contribution in [0.3, 0.4) is 0 Å². The molecule has 1 saturated carbocycles. The van der Waals surface area contributed by atoms with Gasteiger partial charge in [-0.1, -0.05) is 49.2 Å². The van der Waals surface area contributed by atoms with Gasteiger partial charge in [0.05, 0.1) is 0 Å². The van der Waals surface area contributed by atoms with Gasteiger partial charge in [0, 0.05) is 17.7 Å². The Balaban J connectivity index is 1.51. The third kappa shape index (κ3) is 3.07. The number of aromatic nitrogens is 1. The van der Waals surface area contributed by atoms with E-state index in [0.717, 1.165) is 0 Å². The van der Waals surface area contributed by atoms with Crippen molar-refractivity contribution in [2.75, 3.05) is 0 Å². The van der Waals surface area contributed by atoms with E-state index in [9.17, 15) is 0 Å².